The summed E-state index contributed by atoms with van der Waals surface area (Å²) < 4.78 is 11.8. The molecule has 0 fully saturated rings. The van der Waals surface area contributed by atoms with Crippen molar-refractivity contribution >= 4 is 63.2 Å². The van der Waals surface area contributed by atoms with Gasteiger partial charge in [-0.2, -0.15) is 10.2 Å². The number of nitrogens with zero attached hydrogens (tertiary/aromatic N) is 6. The Bertz CT molecular complexity index is 2330. The van der Waals surface area contributed by atoms with E-state index < -0.39 is 12.0 Å². The molecule has 4 heterocycles. The van der Waals surface area contributed by atoms with E-state index in [1.54, 1.807) is 12.1 Å². The minimum absolute atomic E-state index is 0.0530. The molecular formula is C39H40Cl2N6O4. The minimum Gasteiger partial charge on any atom is -0.494 e. The maximum atomic E-state index is 12.7. The van der Waals surface area contributed by atoms with Crippen LogP contribution in [0, 0.1) is 27.7 Å². The Labute approximate surface area is 306 Å². The van der Waals surface area contributed by atoms with Gasteiger partial charge in [-0.1, -0.05) is 35.3 Å². The van der Waals surface area contributed by atoms with E-state index in [2.05, 4.69) is 27.6 Å². The number of rotatable bonds is 10. The Morgan fingerprint density at radius 3 is 2.45 bits per heavy atom. The van der Waals surface area contributed by atoms with Gasteiger partial charge in [-0.3, -0.25) is 9.48 Å². The highest BCUT2D eigenvalue weighted by Crippen LogP contribution is 2.48. The molecule has 0 amide bonds. The summed E-state index contributed by atoms with van der Waals surface area (Å²) >= 11 is 13.1. The van der Waals surface area contributed by atoms with Gasteiger partial charge >= 0.3 is 5.97 Å². The van der Waals surface area contributed by atoms with Crippen molar-refractivity contribution in [2.24, 2.45) is 0 Å². The van der Waals surface area contributed by atoms with Gasteiger partial charge in [0.15, 0.2) is 5.82 Å². The Balaban J connectivity index is 1.43. The van der Waals surface area contributed by atoms with E-state index in [1.807, 2.05) is 69.6 Å². The average molecular weight is 728 g/mol. The fraction of sp³-hybridized carbons (Fsp3) is 0.333. The first-order valence-electron chi connectivity index (χ1n) is 17.2. The molecule has 0 radical (unpaired) electrons. The second-order valence-electron chi connectivity index (χ2n) is 13.4. The van der Waals surface area contributed by atoms with Crippen molar-refractivity contribution in [2.45, 2.75) is 73.0 Å². The zero-order chi connectivity index (χ0) is 36.3. The third kappa shape index (κ3) is 5.74. The summed E-state index contributed by atoms with van der Waals surface area (Å²) in [6, 6.07) is 14.7. The Kier molecular flexibility index (Phi) is 9.10. The monoisotopic (exact) mass is 726 g/mol. The smallest absolute Gasteiger partial charge is 0.336 e. The standard InChI is InChI=1S/C39H40Cl2N6O4/c1-7-45-31-12-8-10-30(39(49)50)34(31)38(43-45)44-19-23(4)47-32-18-26(40)13-14-28(32)29(11-9-15-51-27-16-21(2)35(41)22(3)17-27)36(47)37(44)33-24(5)42-46(20-48)25(33)6/h8,10,12-14,16-18,20,23,37H,7,9,11,15,19H2,1-6H3,(H,49,50)/t23-,37-/m1/s1. The van der Waals surface area contributed by atoms with Crippen molar-refractivity contribution in [1.29, 1.82) is 0 Å². The van der Waals surface area contributed by atoms with Crippen LogP contribution in [0.4, 0.5) is 5.82 Å². The van der Waals surface area contributed by atoms with Gasteiger partial charge in [-0.15, -0.1) is 0 Å². The normalized spacial score (nSPS) is 15.9. The van der Waals surface area contributed by atoms with Crippen molar-refractivity contribution in [3.8, 4) is 5.75 Å². The number of carbonyl (C=O) groups is 2. The van der Waals surface area contributed by atoms with Crippen LogP contribution in [0.2, 0.25) is 10.0 Å². The lowest BCUT2D eigenvalue weighted by Gasteiger charge is -2.42. The molecule has 1 aliphatic rings. The minimum atomic E-state index is -1.02. The van der Waals surface area contributed by atoms with Crippen LogP contribution in [0.15, 0.2) is 48.5 Å². The van der Waals surface area contributed by atoms with Crippen LogP contribution < -0.4 is 9.64 Å². The summed E-state index contributed by atoms with van der Waals surface area (Å²) in [4.78, 5) is 27.1. The molecular weight excluding hydrogens is 687 g/mol. The molecule has 1 N–H and O–H groups in total. The van der Waals surface area contributed by atoms with Gasteiger partial charge in [0.05, 0.1) is 34.3 Å². The number of benzene rings is 3. The van der Waals surface area contributed by atoms with Gasteiger partial charge < -0.3 is 19.3 Å². The quantitative estimate of drug-likeness (QED) is 0.111. The molecule has 2 atom stereocenters. The van der Waals surface area contributed by atoms with Gasteiger partial charge in [0.2, 0.25) is 6.41 Å². The van der Waals surface area contributed by atoms with E-state index in [4.69, 9.17) is 33.0 Å². The number of aromatic carboxylic acids is 1. The molecule has 1 aliphatic heterocycles. The summed E-state index contributed by atoms with van der Waals surface area (Å²) in [7, 11) is 0. The van der Waals surface area contributed by atoms with Crippen LogP contribution in [0.3, 0.4) is 0 Å². The van der Waals surface area contributed by atoms with Crippen LogP contribution in [0.1, 0.15) is 82.0 Å². The first-order valence-corrected chi connectivity index (χ1v) is 17.9. The van der Waals surface area contributed by atoms with Gasteiger partial charge in [-0.25, -0.2) is 9.48 Å². The molecule has 3 aromatic carbocycles. The molecule has 0 unspecified atom stereocenters. The summed E-state index contributed by atoms with van der Waals surface area (Å²) in [5.74, 6) is 0.343. The molecule has 6 aromatic rings. The first-order chi connectivity index (χ1) is 24.4. The molecule has 0 saturated heterocycles. The number of carboxylic acids is 1. The second-order valence-corrected chi connectivity index (χ2v) is 14.2. The third-order valence-corrected chi connectivity index (χ3v) is 11.0. The van der Waals surface area contributed by atoms with E-state index >= 15 is 0 Å². The lowest BCUT2D eigenvalue weighted by atomic mass is 9.91. The van der Waals surface area contributed by atoms with Gasteiger partial charge in [0.25, 0.3) is 0 Å². The number of hydrogen-bond donors (Lipinski definition) is 1. The van der Waals surface area contributed by atoms with Crippen LogP contribution in [-0.2, 0) is 17.8 Å². The number of aromatic nitrogens is 5. The maximum Gasteiger partial charge on any atom is 0.336 e. The van der Waals surface area contributed by atoms with E-state index in [-0.39, 0.29) is 11.6 Å². The van der Waals surface area contributed by atoms with Crippen molar-refractivity contribution in [3.63, 3.8) is 0 Å². The predicted molar refractivity (Wildman–Crippen MR) is 202 cm³/mol. The summed E-state index contributed by atoms with van der Waals surface area (Å²) in [6.07, 6.45) is 2.13. The fourth-order valence-electron chi connectivity index (χ4n) is 7.96. The topological polar surface area (TPSA) is 107 Å². The van der Waals surface area contributed by atoms with Crippen LogP contribution in [-0.4, -0.2) is 54.8 Å². The molecule has 12 heteroatoms. The number of ether oxygens (including phenoxy) is 1. The number of carboxylic acid groups (broad SMARTS) is 1. The number of fused-ring (bicyclic) bond motifs is 4. The fourth-order valence-corrected chi connectivity index (χ4v) is 8.23. The van der Waals surface area contributed by atoms with E-state index in [0.717, 1.165) is 68.0 Å². The Morgan fingerprint density at radius 2 is 1.78 bits per heavy atom. The van der Waals surface area contributed by atoms with Gasteiger partial charge in [0, 0.05) is 51.5 Å². The number of carbonyl (C=O) groups excluding carboxylic acids is 1. The summed E-state index contributed by atoms with van der Waals surface area (Å²) in [5.41, 5.74) is 8.36. The maximum absolute atomic E-state index is 12.7. The Hall–Kier alpha value is -4.80. The van der Waals surface area contributed by atoms with Crippen LogP contribution in [0.5, 0.6) is 5.75 Å². The van der Waals surface area contributed by atoms with E-state index in [0.29, 0.717) is 53.7 Å². The van der Waals surface area contributed by atoms with E-state index in [9.17, 15) is 14.7 Å². The summed E-state index contributed by atoms with van der Waals surface area (Å²) in [5, 5.41) is 23.1. The number of hydrogen-bond acceptors (Lipinski definition) is 6. The first kappa shape index (κ1) is 34.6. The highest BCUT2D eigenvalue weighted by atomic mass is 35.5. The average Bonchev–Trinajstić information content (AvgIpc) is 3.73. The van der Waals surface area contributed by atoms with Crippen LogP contribution >= 0.6 is 23.2 Å². The molecule has 10 nitrogen and oxygen atoms in total. The Morgan fingerprint density at radius 1 is 1.04 bits per heavy atom. The second kappa shape index (κ2) is 13.4. The molecule has 7 rings (SSSR count). The zero-order valence-electron chi connectivity index (χ0n) is 29.5. The molecule has 51 heavy (non-hydrogen) atoms. The van der Waals surface area contributed by atoms with Crippen molar-refractivity contribution in [2.75, 3.05) is 18.1 Å². The highest BCUT2D eigenvalue weighted by Gasteiger charge is 2.41. The molecule has 0 saturated carbocycles. The van der Waals surface area contributed by atoms with Crippen molar-refractivity contribution in [1.82, 2.24) is 24.1 Å². The molecule has 3 aromatic heterocycles. The SMILES string of the molecule is CCn1nc(N2C[C@@H](C)n3c(c(CCCOc4cc(C)c(Cl)c(C)c4)c4ccc(Cl)cc43)[C@H]2c2c(C)nn(C=O)c2C)c2c(C(=O)O)cccc21. The largest absolute Gasteiger partial charge is 0.494 e. The predicted octanol–water partition coefficient (Wildman–Crippen LogP) is 8.67. The van der Waals surface area contributed by atoms with Crippen LogP contribution in [0.25, 0.3) is 21.8 Å². The van der Waals surface area contributed by atoms with Crippen molar-refractivity contribution < 1.29 is 19.4 Å². The third-order valence-electron chi connectivity index (χ3n) is 10.2. The molecule has 0 bridgehead atoms. The van der Waals surface area contributed by atoms with Crippen molar-refractivity contribution in [3.05, 3.63) is 103 Å². The molecule has 264 valence electrons. The number of halogens is 2. The van der Waals surface area contributed by atoms with E-state index in [1.165, 1.54) is 4.68 Å². The highest BCUT2D eigenvalue weighted by molar-refractivity contribution is 6.32. The number of aryl methyl sites for hydroxylation is 5. The zero-order valence-corrected chi connectivity index (χ0v) is 31.0. The number of anilines is 1. The molecule has 0 spiro atoms. The van der Waals surface area contributed by atoms with Gasteiger partial charge in [-0.05, 0) is 107 Å². The lowest BCUT2D eigenvalue weighted by molar-refractivity contribution is 0.0699. The van der Waals surface area contributed by atoms with Gasteiger partial charge in [0.1, 0.15) is 11.8 Å². The summed E-state index contributed by atoms with van der Waals surface area (Å²) in [6.45, 7) is 13.5. The molecule has 0 aliphatic carbocycles. The lowest BCUT2D eigenvalue weighted by Crippen LogP contribution is -2.42.